The maximum absolute atomic E-state index is 3.30. The highest BCUT2D eigenvalue weighted by Crippen LogP contribution is 2.23. The summed E-state index contributed by atoms with van der Waals surface area (Å²) < 4.78 is 0. The first-order valence-electron chi connectivity index (χ1n) is 7.65. The van der Waals surface area contributed by atoms with Gasteiger partial charge in [0.2, 0.25) is 0 Å². The van der Waals surface area contributed by atoms with Crippen LogP contribution in [0.25, 0.3) is 0 Å². The quantitative estimate of drug-likeness (QED) is 0.383. The number of unbranched alkanes of at least 4 members (excludes halogenated alkanes) is 2. The third-order valence-corrected chi connectivity index (χ3v) is 4.47. The SMILES string of the molecule is CCCCCSc1ccccc1CNNc1ccccc1. The van der Waals surface area contributed by atoms with Crippen molar-refractivity contribution in [2.24, 2.45) is 0 Å². The van der Waals surface area contributed by atoms with Crippen molar-refractivity contribution in [3.63, 3.8) is 0 Å². The highest BCUT2D eigenvalue weighted by molar-refractivity contribution is 7.99. The highest BCUT2D eigenvalue weighted by Gasteiger charge is 2.02. The number of nitrogens with one attached hydrogen (secondary N) is 2. The van der Waals surface area contributed by atoms with E-state index in [0.29, 0.717) is 0 Å². The van der Waals surface area contributed by atoms with Crippen molar-refractivity contribution in [1.29, 1.82) is 0 Å². The van der Waals surface area contributed by atoms with E-state index < -0.39 is 0 Å². The van der Waals surface area contributed by atoms with Crippen molar-refractivity contribution in [2.45, 2.75) is 37.6 Å². The van der Waals surface area contributed by atoms with Crippen molar-refractivity contribution in [3.8, 4) is 0 Å². The molecule has 0 bridgehead atoms. The van der Waals surface area contributed by atoms with Crippen molar-refractivity contribution < 1.29 is 0 Å². The smallest absolute Gasteiger partial charge is 0.0487 e. The van der Waals surface area contributed by atoms with E-state index in [-0.39, 0.29) is 0 Å². The van der Waals surface area contributed by atoms with Crippen LogP contribution >= 0.6 is 11.8 Å². The van der Waals surface area contributed by atoms with E-state index in [1.807, 2.05) is 30.0 Å². The molecule has 0 fully saturated rings. The van der Waals surface area contributed by atoms with E-state index in [2.05, 4.69) is 54.2 Å². The summed E-state index contributed by atoms with van der Waals surface area (Å²) in [6.45, 7) is 3.07. The summed E-state index contributed by atoms with van der Waals surface area (Å²) in [7, 11) is 0. The molecule has 0 aliphatic heterocycles. The van der Waals surface area contributed by atoms with E-state index in [9.17, 15) is 0 Å². The predicted molar refractivity (Wildman–Crippen MR) is 93.6 cm³/mol. The molecule has 0 spiro atoms. The molecule has 0 heterocycles. The monoisotopic (exact) mass is 300 g/mol. The average molecular weight is 300 g/mol. The highest BCUT2D eigenvalue weighted by atomic mass is 32.2. The molecule has 0 atom stereocenters. The van der Waals surface area contributed by atoms with E-state index >= 15 is 0 Å². The number of hydrogen-bond donors (Lipinski definition) is 2. The van der Waals surface area contributed by atoms with Crippen LogP contribution in [-0.2, 0) is 6.54 Å². The average Bonchev–Trinajstić information content (AvgIpc) is 2.54. The van der Waals surface area contributed by atoms with Crippen LogP contribution in [0.2, 0.25) is 0 Å². The summed E-state index contributed by atoms with van der Waals surface area (Å²) in [4.78, 5) is 1.39. The van der Waals surface area contributed by atoms with Gasteiger partial charge in [0.25, 0.3) is 0 Å². The fraction of sp³-hybridized carbons (Fsp3) is 0.333. The number of hydrogen-bond acceptors (Lipinski definition) is 3. The molecule has 0 saturated heterocycles. The second kappa shape index (κ2) is 9.48. The van der Waals surface area contributed by atoms with Gasteiger partial charge in [-0.15, -0.1) is 11.8 Å². The first kappa shape index (κ1) is 15.9. The third-order valence-electron chi connectivity index (χ3n) is 3.26. The van der Waals surface area contributed by atoms with Crippen LogP contribution in [0, 0.1) is 0 Å². The number of anilines is 1. The Morgan fingerprint density at radius 3 is 2.48 bits per heavy atom. The Morgan fingerprint density at radius 1 is 0.905 bits per heavy atom. The molecule has 0 unspecified atom stereocenters. The number of thioether (sulfide) groups is 1. The molecule has 2 N–H and O–H groups in total. The van der Waals surface area contributed by atoms with E-state index in [0.717, 1.165) is 12.2 Å². The second-order valence-electron chi connectivity index (χ2n) is 5.01. The van der Waals surface area contributed by atoms with Gasteiger partial charge in [0.1, 0.15) is 0 Å². The van der Waals surface area contributed by atoms with Gasteiger partial charge in [0, 0.05) is 17.1 Å². The number of para-hydroxylation sites is 1. The van der Waals surface area contributed by atoms with E-state index in [4.69, 9.17) is 0 Å². The standard InChI is InChI=1S/C18H24N2S/c1-2-3-9-14-21-18-13-8-7-10-16(18)15-19-20-17-11-5-4-6-12-17/h4-8,10-13,19-20H,2-3,9,14-15H2,1H3. The Balaban J connectivity index is 1.82. The Kier molecular flexibility index (Phi) is 7.19. The van der Waals surface area contributed by atoms with Crippen LogP contribution < -0.4 is 10.9 Å². The fourth-order valence-corrected chi connectivity index (χ4v) is 3.16. The van der Waals surface area contributed by atoms with Gasteiger partial charge in [-0.1, -0.05) is 56.2 Å². The van der Waals surface area contributed by atoms with Gasteiger partial charge in [0.05, 0.1) is 0 Å². The number of rotatable bonds is 9. The van der Waals surface area contributed by atoms with Gasteiger partial charge in [-0.25, -0.2) is 5.43 Å². The molecule has 2 aromatic rings. The lowest BCUT2D eigenvalue weighted by atomic mass is 10.2. The molecule has 2 nitrogen and oxygen atoms in total. The third kappa shape index (κ3) is 5.82. The van der Waals surface area contributed by atoms with Gasteiger partial charge in [-0.05, 0) is 35.9 Å². The summed E-state index contributed by atoms with van der Waals surface area (Å²) in [5.74, 6) is 1.21. The fourth-order valence-electron chi connectivity index (χ4n) is 2.09. The summed E-state index contributed by atoms with van der Waals surface area (Å²) in [5, 5.41) is 0. The Morgan fingerprint density at radius 2 is 1.67 bits per heavy atom. The van der Waals surface area contributed by atoms with E-state index in [1.54, 1.807) is 0 Å². The molecular weight excluding hydrogens is 276 g/mol. The largest absolute Gasteiger partial charge is 0.321 e. The first-order chi connectivity index (χ1) is 10.4. The molecule has 2 aromatic carbocycles. The summed E-state index contributed by atoms with van der Waals surface area (Å²) in [5.41, 5.74) is 8.97. The molecule has 21 heavy (non-hydrogen) atoms. The van der Waals surface area contributed by atoms with Crippen molar-refractivity contribution in [2.75, 3.05) is 11.2 Å². The maximum atomic E-state index is 3.30. The van der Waals surface area contributed by atoms with Crippen LogP contribution in [0.5, 0.6) is 0 Å². The van der Waals surface area contributed by atoms with Crippen molar-refractivity contribution >= 4 is 17.4 Å². The zero-order valence-corrected chi connectivity index (χ0v) is 13.5. The molecule has 0 aliphatic rings. The first-order valence-corrected chi connectivity index (χ1v) is 8.63. The van der Waals surface area contributed by atoms with Gasteiger partial charge in [0.15, 0.2) is 0 Å². The molecule has 0 saturated carbocycles. The van der Waals surface area contributed by atoms with Gasteiger partial charge in [-0.3, -0.25) is 0 Å². The Bertz CT molecular complexity index is 514. The van der Waals surface area contributed by atoms with Gasteiger partial charge >= 0.3 is 0 Å². The van der Waals surface area contributed by atoms with E-state index in [1.165, 1.54) is 35.5 Å². The molecule has 112 valence electrons. The summed E-state index contributed by atoms with van der Waals surface area (Å²) in [6.07, 6.45) is 3.90. The molecule has 2 rings (SSSR count). The zero-order chi connectivity index (χ0) is 14.8. The van der Waals surface area contributed by atoms with Crippen LogP contribution in [0.15, 0.2) is 59.5 Å². The second-order valence-corrected chi connectivity index (χ2v) is 6.14. The lowest BCUT2D eigenvalue weighted by Crippen LogP contribution is -2.21. The molecule has 0 radical (unpaired) electrons. The normalized spacial score (nSPS) is 10.5. The molecule has 3 heteroatoms. The lowest BCUT2D eigenvalue weighted by Gasteiger charge is -2.12. The Labute approximate surface area is 132 Å². The van der Waals surface area contributed by atoms with Crippen molar-refractivity contribution in [1.82, 2.24) is 5.43 Å². The number of benzene rings is 2. The van der Waals surface area contributed by atoms with Crippen LogP contribution in [0.4, 0.5) is 5.69 Å². The van der Waals surface area contributed by atoms with Crippen molar-refractivity contribution in [3.05, 3.63) is 60.2 Å². The minimum atomic E-state index is 0.825. The zero-order valence-electron chi connectivity index (χ0n) is 12.6. The molecular formula is C18H24N2S. The van der Waals surface area contributed by atoms with Gasteiger partial charge in [-0.2, -0.15) is 0 Å². The number of hydrazine groups is 1. The van der Waals surface area contributed by atoms with Crippen LogP contribution in [0.3, 0.4) is 0 Å². The minimum Gasteiger partial charge on any atom is -0.321 e. The predicted octanol–water partition coefficient (Wildman–Crippen LogP) is 5.09. The summed E-state index contributed by atoms with van der Waals surface area (Å²) in [6, 6.07) is 18.8. The lowest BCUT2D eigenvalue weighted by molar-refractivity contribution is 0.775. The molecule has 0 aliphatic carbocycles. The molecule has 0 amide bonds. The Hall–Kier alpha value is -1.45. The van der Waals surface area contributed by atoms with Crippen LogP contribution in [0.1, 0.15) is 31.7 Å². The van der Waals surface area contributed by atoms with Gasteiger partial charge < -0.3 is 5.43 Å². The maximum Gasteiger partial charge on any atom is 0.0487 e. The molecule has 0 aromatic heterocycles. The summed E-state index contributed by atoms with van der Waals surface area (Å²) >= 11 is 1.97. The van der Waals surface area contributed by atoms with Crippen LogP contribution in [-0.4, -0.2) is 5.75 Å². The minimum absolute atomic E-state index is 0.825. The topological polar surface area (TPSA) is 24.1 Å².